The molecule has 88 heavy (non-hydrogen) atoms. The topological polar surface area (TPSA) is 57.4 Å². The molecule has 3 aliphatic rings. The van der Waals surface area contributed by atoms with Gasteiger partial charge >= 0.3 is 0 Å². The van der Waals surface area contributed by atoms with Crippen LogP contribution in [0.4, 0.5) is 0 Å². The Bertz CT molecular complexity index is 5040. The molecule has 418 valence electrons. The van der Waals surface area contributed by atoms with Crippen molar-refractivity contribution in [3.63, 3.8) is 0 Å². The predicted molar refractivity (Wildman–Crippen MR) is 377 cm³/mol. The number of halogens is 8. The molecule has 2 aliphatic heterocycles. The lowest BCUT2D eigenvalue weighted by molar-refractivity contribution is 1.39. The molecule has 4 heterocycles. The standard InChI is InChI=1S/C76H38Cl8N4/c77-49-17-45(18-50(78)33-49)65-69-57-25-37-9-1-2-10-38(37)26-58(57)70(85-69)66(46-19-51(79)34-52(80)20-46)72-61-29-41-13-5-6-14-42(41)30-62(61)74(87-72)68(48-23-55(83)36-56(84)24-48)76-64-32-44-16-8-7-15-43(44)31-63(64)75(88-76)67(47-21-53(81)35-54(82)22-47)73-60-28-40-12-4-3-11-39(40)27-59(60)71(65)86-73/h1-36,85,88H. The highest BCUT2D eigenvalue weighted by atomic mass is 35.5. The van der Waals surface area contributed by atoms with Gasteiger partial charge in [0.05, 0.1) is 44.8 Å². The van der Waals surface area contributed by atoms with Crippen molar-refractivity contribution < 1.29 is 0 Å². The third kappa shape index (κ3) is 8.80. The Hall–Kier alpha value is -8.36. The molecule has 0 unspecified atom stereocenters. The van der Waals surface area contributed by atoms with Crippen molar-refractivity contribution >= 4 is 180 Å². The van der Waals surface area contributed by atoms with Gasteiger partial charge in [-0.1, -0.05) is 190 Å². The highest BCUT2D eigenvalue weighted by Crippen LogP contribution is 2.55. The zero-order valence-corrected chi connectivity index (χ0v) is 51.8. The number of fused-ring (bicyclic) bond motifs is 4. The molecule has 1 aliphatic carbocycles. The van der Waals surface area contributed by atoms with E-state index in [9.17, 15) is 0 Å². The predicted octanol–water partition coefficient (Wildman–Crippen LogP) is 25.8. The molecular weight excluding hydrogens is 1250 g/mol. The summed E-state index contributed by atoms with van der Waals surface area (Å²) in [6, 6.07) is 74.1. The largest absolute Gasteiger partial charge is 0.353 e. The normalized spacial score (nSPS) is 12.1. The van der Waals surface area contributed by atoms with E-state index in [0.29, 0.717) is 63.0 Å². The minimum atomic E-state index is 0.449. The van der Waals surface area contributed by atoms with Crippen molar-refractivity contribution in [2.45, 2.75) is 0 Å². The van der Waals surface area contributed by atoms with Crippen LogP contribution < -0.4 is 0 Å². The lowest BCUT2D eigenvalue weighted by atomic mass is 9.91. The molecule has 0 fully saturated rings. The maximum Gasteiger partial charge on any atom is 0.0816 e. The highest BCUT2D eigenvalue weighted by Gasteiger charge is 2.32. The number of aromatic nitrogens is 4. The molecule has 0 amide bonds. The number of benzene rings is 12. The van der Waals surface area contributed by atoms with E-state index in [2.05, 4.69) is 156 Å². The van der Waals surface area contributed by atoms with E-state index in [1.807, 2.05) is 48.5 Å². The third-order valence-electron chi connectivity index (χ3n) is 17.1. The van der Waals surface area contributed by atoms with E-state index >= 15 is 0 Å². The summed E-state index contributed by atoms with van der Waals surface area (Å²) in [5, 5.41) is 15.3. The number of nitrogens with one attached hydrogen (secondary N) is 2. The number of hydrogen-bond acceptors (Lipinski definition) is 2. The quantitative estimate of drug-likeness (QED) is 0.184. The summed E-state index contributed by atoms with van der Waals surface area (Å²) in [5.41, 5.74) is 15.0. The van der Waals surface area contributed by atoms with Crippen molar-refractivity contribution in [1.29, 1.82) is 0 Å². The van der Waals surface area contributed by atoms with Gasteiger partial charge in [-0.05, 0) is 187 Å². The minimum Gasteiger partial charge on any atom is -0.353 e. The molecule has 2 N–H and O–H groups in total. The van der Waals surface area contributed by atoms with Crippen LogP contribution in [0.25, 0.3) is 176 Å². The van der Waals surface area contributed by atoms with Crippen LogP contribution in [0, 0.1) is 0 Å². The first-order valence-corrected chi connectivity index (χ1v) is 31.3. The van der Waals surface area contributed by atoms with Crippen molar-refractivity contribution in [3.05, 3.63) is 259 Å². The van der Waals surface area contributed by atoms with E-state index in [1.54, 1.807) is 24.3 Å². The summed E-state index contributed by atoms with van der Waals surface area (Å²) in [4.78, 5) is 20.5. The zero-order chi connectivity index (χ0) is 59.4. The molecule has 0 atom stereocenters. The smallest absolute Gasteiger partial charge is 0.0816 e. The van der Waals surface area contributed by atoms with E-state index < -0.39 is 0 Å². The van der Waals surface area contributed by atoms with Crippen molar-refractivity contribution in [2.75, 3.05) is 0 Å². The minimum absolute atomic E-state index is 0.449. The molecule has 0 spiro atoms. The Labute approximate surface area is 543 Å². The average Bonchev–Trinajstić information content (AvgIpc) is 1.59. The van der Waals surface area contributed by atoms with Crippen molar-refractivity contribution in [2.24, 2.45) is 0 Å². The molecule has 0 radical (unpaired) electrons. The summed E-state index contributed by atoms with van der Waals surface area (Å²) in [5.74, 6) is 0. The monoisotopic (exact) mass is 1290 g/mol. The molecule has 8 bridgehead atoms. The maximum absolute atomic E-state index is 7.20. The molecule has 4 nitrogen and oxygen atoms in total. The number of H-pyrrole nitrogens is 2. The third-order valence-corrected chi connectivity index (χ3v) is 18.9. The summed E-state index contributed by atoms with van der Waals surface area (Å²) < 4.78 is 0. The van der Waals surface area contributed by atoms with Crippen LogP contribution >= 0.6 is 92.8 Å². The fraction of sp³-hybridized carbons (Fsp3) is 0. The van der Waals surface area contributed by atoms with Crippen LogP contribution in [0.15, 0.2) is 218 Å². The summed E-state index contributed by atoms with van der Waals surface area (Å²) >= 11 is 57.6. The lowest BCUT2D eigenvalue weighted by Crippen LogP contribution is -1.89. The summed E-state index contributed by atoms with van der Waals surface area (Å²) in [6.45, 7) is 0. The van der Waals surface area contributed by atoms with Gasteiger partial charge in [-0.3, -0.25) is 0 Å². The Kier molecular flexibility index (Phi) is 12.6. The van der Waals surface area contributed by atoms with Gasteiger partial charge in [0.2, 0.25) is 0 Å². The van der Waals surface area contributed by atoms with E-state index in [-0.39, 0.29) is 0 Å². The Morgan fingerprint density at radius 3 is 0.591 bits per heavy atom. The van der Waals surface area contributed by atoms with Gasteiger partial charge in [0.15, 0.2) is 0 Å². The number of rotatable bonds is 4. The highest BCUT2D eigenvalue weighted by molar-refractivity contribution is 6.38. The fourth-order valence-electron chi connectivity index (χ4n) is 13.5. The van der Waals surface area contributed by atoms with Crippen LogP contribution in [0.1, 0.15) is 0 Å². The molecule has 14 aromatic rings. The lowest BCUT2D eigenvalue weighted by Gasteiger charge is -2.11. The Morgan fingerprint density at radius 1 is 0.216 bits per heavy atom. The molecular formula is C76H38Cl8N4. The van der Waals surface area contributed by atoms with Gasteiger partial charge < -0.3 is 9.97 Å². The molecule has 2 aromatic heterocycles. The first-order chi connectivity index (χ1) is 42.8. The van der Waals surface area contributed by atoms with Crippen LogP contribution in [0.5, 0.6) is 0 Å². The molecule has 12 aromatic carbocycles. The maximum atomic E-state index is 7.20. The Balaban J connectivity index is 1.25. The van der Waals surface area contributed by atoms with Gasteiger partial charge in [0, 0.05) is 106 Å². The fourth-order valence-corrected chi connectivity index (χ4v) is 15.6. The van der Waals surface area contributed by atoms with Gasteiger partial charge in [0.25, 0.3) is 0 Å². The molecule has 0 saturated carbocycles. The second-order valence-corrected chi connectivity index (χ2v) is 26.0. The van der Waals surface area contributed by atoms with Crippen molar-refractivity contribution in [1.82, 2.24) is 19.9 Å². The number of hydrogen-bond donors (Lipinski definition) is 2. The van der Waals surface area contributed by atoms with Gasteiger partial charge in [-0.25, -0.2) is 9.97 Å². The van der Waals surface area contributed by atoms with E-state index in [0.717, 1.165) is 153 Å². The number of nitrogens with zero attached hydrogens (tertiary/aromatic N) is 2. The average molecular weight is 1290 g/mol. The van der Waals surface area contributed by atoms with Gasteiger partial charge in [-0.15, -0.1) is 0 Å². The van der Waals surface area contributed by atoms with Crippen LogP contribution in [0.2, 0.25) is 40.2 Å². The van der Waals surface area contributed by atoms with E-state index in [4.69, 9.17) is 103 Å². The van der Waals surface area contributed by atoms with Crippen molar-refractivity contribution in [3.8, 4) is 89.5 Å². The molecule has 12 heteroatoms. The van der Waals surface area contributed by atoms with Crippen LogP contribution in [0.3, 0.4) is 0 Å². The van der Waals surface area contributed by atoms with E-state index in [1.165, 1.54) is 0 Å². The second-order valence-electron chi connectivity index (χ2n) is 22.5. The molecule has 0 saturated heterocycles. The summed E-state index contributed by atoms with van der Waals surface area (Å²) in [6.07, 6.45) is 0. The first kappa shape index (κ1) is 53.8. The SMILES string of the molecule is Clc1cc(Cl)cc(-c2c3nc(c(-c4cc(Cl)cc(Cl)c4)c4[nH]c(c(-c5cc(Cl)cc(Cl)c5)c5nc(c(-c6cc(Cl)cc(Cl)c6)c6[nH]c2c2cc7ccccc7cc62)-c2cc6ccccc6cc2-5)c2cc5ccccc5cc42)-c2cc4ccccc4cc2-3)c1. The van der Waals surface area contributed by atoms with Gasteiger partial charge in [0.1, 0.15) is 0 Å². The van der Waals surface area contributed by atoms with Crippen LogP contribution in [-0.4, -0.2) is 19.9 Å². The van der Waals surface area contributed by atoms with Crippen LogP contribution in [-0.2, 0) is 0 Å². The summed E-state index contributed by atoms with van der Waals surface area (Å²) in [7, 11) is 0. The number of aromatic amines is 2. The zero-order valence-electron chi connectivity index (χ0n) is 45.7. The Morgan fingerprint density at radius 2 is 0.398 bits per heavy atom. The second kappa shape index (κ2) is 20.6. The van der Waals surface area contributed by atoms with Gasteiger partial charge in [-0.2, -0.15) is 0 Å². The molecule has 17 rings (SSSR count). The first-order valence-electron chi connectivity index (χ1n) is 28.3.